The summed E-state index contributed by atoms with van der Waals surface area (Å²) in [6.07, 6.45) is 3.74. The molecular formula is C16H23BrN2O2. The SMILES string of the molecule is CCCN1CCC(NCc2cc(Br)c3c(c2)OCO3)CC1. The summed E-state index contributed by atoms with van der Waals surface area (Å²) in [6.45, 7) is 7.13. The van der Waals surface area contributed by atoms with Gasteiger partial charge in [0.05, 0.1) is 4.47 Å². The van der Waals surface area contributed by atoms with Gasteiger partial charge in [0.15, 0.2) is 11.5 Å². The van der Waals surface area contributed by atoms with E-state index in [2.05, 4.69) is 45.2 Å². The smallest absolute Gasteiger partial charge is 0.231 e. The van der Waals surface area contributed by atoms with Crippen molar-refractivity contribution in [3.05, 3.63) is 22.2 Å². The molecule has 0 bridgehead atoms. The van der Waals surface area contributed by atoms with Crippen molar-refractivity contribution in [1.82, 2.24) is 10.2 Å². The quantitative estimate of drug-likeness (QED) is 0.880. The number of nitrogens with one attached hydrogen (secondary N) is 1. The van der Waals surface area contributed by atoms with Crippen LogP contribution in [0, 0.1) is 0 Å². The Hall–Kier alpha value is -0.780. The van der Waals surface area contributed by atoms with Gasteiger partial charge in [-0.15, -0.1) is 0 Å². The third kappa shape index (κ3) is 3.71. The third-order valence-corrected chi connectivity index (χ3v) is 4.80. The molecule has 1 saturated heterocycles. The highest BCUT2D eigenvalue weighted by Crippen LogP contribution is 2.39. The first-order valence-corrected chi connectivity index (χ1v) is 8.59. The lowest BCUT2D eigenvalue weighted by Crippen LogP contribution is -2.42. The van der Waals surface area contributed by atoms with E-state index in [-0.39, 0.29) is 0 Å². The molecule has 0 aliphatic carbocycles. The van der Waals surface area contributed by atoms with Crippen LogP contribution in [0.4, 0.5) is 0 Å². The summed E-state index contributed by atoms with van der Waals surface area (Å²) in [5, 5.41) is 3.68. The Labute approximate surface area is 134 Å². The number of rotatable bonds is 5. The van der Waals surface area contributed by atoms with Crippen LogP contribution in [-0.4, -0.2) is 37.4 Å². The minimum absolute atomic E-state index is 0.320. The Morgan fingerprint density at radius 2 is 2.10 bits per heavy atom. The van der Waals surface area contributed by atoms with Gasteiger partial charge in [0.1, 0.15) is 0 Å². The van der Waals surface area contributed by atoms with E-state index in [0.717, 1.165) is 22.5 Å². The Morgan fingerprint density at radius 1 is 1.29 bits per heavy atom. The van der Waals surface area contributed by atoms with Crippen LogP contribution in [-0.2, 0) is 6.54 Å². The van der Waals surface area contributed by atoms with Crippen molar-refractivity contribution in [2.24, 2.45) is 0 Å². The van der Waals surface area contributed by atoms with E-state index in [9.17, 15) is 0 Å². The van der Waals surface area contributed by atoms with Crippen LogP contribution in [0.15, 0.2) is 16.6 Å². The van der Waals surface area contributed by atoms with Crippen molar-refractivity contribution in [2.75, 3.05) is 26.4 Å². The van der Waals surface area contributed by atoms with Gasteiger partial charge in [0.25, 0.3) is 0 Å². The van der Waals surface area contributed by atoms with E-state index in [4.69, 9.17) is 9.47 Å². The predicted octanol–water partition coefficient (Wildman–Crippen LogP) is 3.14. The van der Waals surface area contributed by atoms with Crippen LogP contribution < -0.4 is 14.8 Å². The summed E-state index contributed by atoms with van der Waals surface area (Å²) >= 11 is 3.55. The van der Waals surface area contributed by atoms with E-state index in [0.29, 0.717) is 12.8 Å². The topological polar surface area (TPSA) is 33.7 Å². The molecule has 0 aromatic heterocycles. The molecule has 5 heteroatoms. The monoisotopic (exact) mass is 354 g/mol. The predicted molar refractivity (Wildman–Crippen MR) is 86.9 cm³/mol. The van der Waals surface area contributed by atoms with E-state index in [1.165, 1.54) is 44.5 Å². The van der Waals surface area contributed by atoms with Crippen molar-refractivity contribution >= 4 is 15.9 Å². The average molecular weight is 355 g/mol. The number of ether oxygens (including phenoxy) is 2. The first-order chi connectivity index (χ1) is 10.3. The summed E-state index contributed by atoms with van der Waals surface area (Å²) in [7, 11) is 0. The normalized spacial score (nSPS) is 19.1. The first-order valence-electron chi connectivity index (χ1n) is 7.80. The highest BCUT2D eigenvalue weighted by atomic mass is 79.9. The van der Waals surface area contributed by atoms with Crippen molar-refractivity contribution < 1.29 is 9.47 Å². The molecule has 2 heterocycles. The minimum Gasteiger partial charge on any atom is -0.454 e. The van der Waals surface area contributed by atoms with Crippen LogP contribution >= 0.6 is 15.9 Å². The molecule has 0 saturated carbocycles. The number of piperidine rings is 1. The summed E-state index contributed by atoms with van der Waals surface area (Å²) in [4.78, 5) is 2.56. The molecule has 1 fully saturated rings. The van der Waals surface area contributed by atoms with E-state index in [1.807, 2.05) is 0 Å². The largest absolute Gasteiger partial charge is 0.454 e. The molecule has 4 nitrogen and oxygen atoms in total. The van der Waals surface area contributed by atoms with Crippen LogP contribution in [0.25, 0.3) is 0 Å². The molecule has 2 aliphatic rings. The fourth-order valence-corrected chi connectivity index (χ4v) is 3.67. The lowest BCUT2D eigenvalue weighted by Gasteiger charge is -2.32. The van der Waals surface area contributed by atoms with Crippen molar-refractivity contribution in [3.8, 4) is 11.5 Å². The van der Waals surface area contributed by atoms with Gasteiger partial charge in [0, 0.05) is 12.6 Å². The molecule has 1 aromatic carbocycles. The fourth-order valence-electron chi connectivity index (χ4n) is 3.06. The van der Waals surface area contributed by atoms with Gasteiger partial charge < -0.3 is 19.7 Å². The molecule has 0 amide bonds. The zero-order valence-electron chi connectivity index (χ0n) is 12.5. The summed E-state index contributed by atoms with van der Waals surface area (Å²) in [5.74, 6) is 1.67. The minimum atomic E-state index is 0.320. The maximum absolute atomic E-state index is 5.47. The van der Waals surface area contributed by atoms with Crippen molar-refractivity contribution in [3.63, 3.8) is 0 Å². The second-order valence-corrected chi connectivity index (χ2v) is 6.66. The maximum atomic E-state index is 5.47. The fraction of sp³-hybridized carbons (Fsp3) is 0.625. The van der Waals surface area contributed by atoms with Gasteiger partial charge in [-0.1, -0.05) is 6.92 Å². The molecule has 0 unspecified atom stereocenters. The molecule has 2 aliphatic heterocycles. The third-order valence-electron chi connectivity index (χ3n) is 4.21. The zero-order valence-corrected chi connectivity index (χ0v) is 14.1. The molecule has 3 rings (SSSR count). The number of halogens is 1. The lowest BCUT2D eigenvalue weighted by molar-refractivity contribution is 0.173. The van der Waals surface area contributed by atoms with Crippen molar-refractivity contribution in [2.45, 2.75) is 38.8 Å². The van der Waals surface area contributed by atoms with Crippen LogP contribution in [0.1, 0.15) is 31.7 Å². The highest BCUT2D eigenvalue weighted by Gasteiger charge is 2.20. The van der Waals surface area contributed by atoms with Crippen molar-refractivity contribution in [1.29, 1.82) is 0 Å². The number of hydrogen-bond donors (Lipinski definition) is 1. The van der Waals surface area contributed by atoms with E-state index >= 15 is 0 Å². The summed E-state index contributed by atoms with van der Waals surface area (Å²) in [5.41, 5.74) is 1.24. The molecule has 1 aromatic rings. The molecule has 0 radical (unpaired) electrons. The van der Waals surface area contributed by atoms with Crippen LogP contribution in [0.5, 0.6) is 11.5 Å². The summed E-state index contributed by atoms with van der Waals surface area (Å²) < 4.78 is 11.9. The Morgan fingerprint density at radius 3 is 2.86 bits per heavy atom. The Bertz CT molecular complexity index is 487. The average Bonchev–Trinajstić information content (AvgIpc) is 2.96. The molecule has 0 spiro atoms. The Balaban J connectivity index is 1.51. The van der Waals surface area contributed by atoms with E-state index < -0.39 is 0 Å². The Kier molecular flexibility index (Phi) is 5.03. The number of likely N-dealkylation sites (tertiary alicyclic amines) is 1. The van der Waals surface area contributed by atoms with E-state index in [1.54, 1.807) is 0 Å². The standard InChI is InChI=1S/C16H23BrN2O2/c1-2-5-19-6-3-13(4-7-19)18-10-12-8-14(17)16-15(9-12)20-11-21-16/h8-9,13,18H,2-7,10-11H2,1H3. The number of benzene rings is 1. The number of hydrogen-bond acceptors (Lipinski definition) is 4. The highest BCUT2D eigenvalue weighted by molar-refractivity contribution is 9.10. The number of fused-ring (bicyclic) bond motifs is 1. The maximum Gasteiger partial charge on any atom is 0.231 e. The number of nitrogens with zero attached hydrogens (tertiary/aromatic N) is 1. The van der Waals surface area contributed by atoms with Gasteiger partial charge in [-0.25, -0.2) is 0 Å². The molecule has 21 heavy (non-hydrogen) atoms. The van der Waals surface area contributed by atoms with Crippen LogP contribution in [0.2, 0.25) is 0 Å². The summed E-state index contributed by atoms with van der Waals surface area (Å²) in [6, 6.07) is 4.82. The van der Waals surface area contributed by atoms with Gasteiger partial charge in [0.2, 0.25) is 6.79 Å². The molecular weight excluding hydrogens is 332 g/mol. The van der Waals surface area contributed by atoms with Gasteiger partial charge in [-0.05, 0) is 72.5 Å². The van der Waals surface area contributed by atoms with Crippen LogP contribution in [0.3, 0.4) is 0 Å². The second-order valence-electron chi connectivity index (χ2n) is 5.81. The molecule has 0 atom stereocenters. The first kappa shape index (κ1) is 15.1. The lowest BCUT2D eigenvalue weighted by atomic mass is 10.0. The zero-order chi connectivity index (χ0) is 14.7. The molecule has 116 valence electrons. The van der Waals surface area contributed by atoms with Gasteiger partial charge >= 0.3 is 0 Å². The second kappa shape index (κ2) is 6.99. The molecule has 1 N–H and O–H groups in total. The van der Waals surface area contributed by atoms with Gasteiger partial charge in [-0.3, -0.25) is 0 Å². The van der Waals surface area contributed by atoms with Gasteiger partial charge in [-0.2, -0.15) is 0 Å².